The number of carboxylic acid groups (broad SMARTS) is 1. The summed E-state index contributed by atoms with van der Waals surface area (Å²) in [6.45, 7) is 1.96. The van der Waals surface area contributed by atoms with Gasteiger partial charge in [-0.1, -0.05) is 18.2 Å². The molecule has 0 aromatic heterocycles. The number of likely N-dealkylation sites (N-methyl/N-ethyl adjacent to an activating group) is 1. The highest BCUT2D eigenvalue weighted by Gasteiger charge is 2.32. The van der Waals surface area contributed by atoms with Crippen molar-refractivity contribution in [2.75, 3.05) is 38.7 Å². The standard InChI is InChI=1S/C16H24N2O4S/c1-17(2)8-9-18(14-7-10-23(21,22)12-14)11-13-5-3-4-6-15(13)16(19)20/h3-6,14H,7-12H2,1-2H3,(H,19,20). The summed E-state index contributed by atoms with van der Waals surface area (Å²) < 4.78 is 23.6. The third-order valence-electron chi connectivity index (χ3n) is 4.18. The summed E-state index contributed by atoms with van der Waals surface area (Å²) in [6.07, 6.45) is 0.616. The van der Waals surface area contributed by atoms with Crippen molar-refractivity contribution in [3.8, 4) is 0 Å². The number of sulfone groups is 1. The van der Waals surface area contributed by atoms with Crippen molar-refractivity contribution in [2.24, 2.45) is 0 Å². The second-order valence-electron chi connectivity index (χ2n) is 6.29. The Kier molecular flexibility index (Phi) is 5.78. The molecule has 23 heavy (non-hydrogen) atoms. The van der Waals surface area contributed by atoms with Gasteiger partial charge in [-0.05, 0) is 32.1 Å². The maximum Gasteiger partial charge on any atom is 0.336 e. The Morgan fingerprint density at radius 2 is 1.96 bits per heavy atom. The van der Waals surface area contributed by atoms with Crippen LogP contribution in [0.25, 0.3) is 0 Å². The lowest BCUT2D eigenvalue weighted by Gasteiger charge is -2.29. The molecule has 0 amide bonds. The number of carboxylic acids is 1. The molecule has 1 aliphatic rings. The molecule has 6 nitrogen and oxygen atoms in total. The third kappa shape index (κ3) is 5.02. The SMILES string of the molecule is CN(C)CCN(Cc1ccccc1C(=O)O)C1CCS(=O)(=O)C1. The first kappa shape index (κ1) is 17.9. The van der Waals surface area contributed by atoms with Gasteiger partial charge in [0, 0.05) is 25.7 Å². The van der Waals surface area contributed by atoms with Gasteiger partial charge >= 0.3 is 5.97 Å². The van der Waals surface area contributed by atoms with E-state index in [4.69, 9.17) is 0 Å². The van der Waals surface area contributed by atoms with Crippen LogP contribution in [0, 0.1) is 0 Å². The van der Waals surface area contributed by atoms with Gasteiger partial charge in [0.25, 0.3) is 0 Å². The smallest absolute Gasteiger partial charge is 0.336 e. The predicted octanol–water partition coefficient (Wildman–Crippen LogP) is 0.935. The van der Waals surface area contributed by atoms with Crippen molar-refractivity contribution in [1.82, 2.24) is 9.80 Å². The first-order valence-electron chi connectivity index (χ1n) is 7.69. The number of carbonyl (C=O) groups is 1. The topological polar surface area (TPSA) is 77.9 Å². The van der Waals surface area contributed by atoms with Crippen LogP contribution < -0.4 is 0 Å². The molecule has 0 radical (unpaired) electrons. The maximum atomic E-state index is 11.8. The van der Waals surface area contributed by atoms with Crippen molar-refractivity contribution < 1.29 is 18.3 Å². The normalized spacial score (nSPS) is 20.3. The summed E-state index contributed by atoms with van der Waals surface area (Å²) in [5, 5.41) is 9.32. The highest BCUT2D eigenvalue weighted by atomic mass is 32.2. The quantitative estimate of drug-likeness (QED) is 0.796. The van der Waals surface area contributed by atoms with E-state index in [1.807, 2.05) is 25.1 Å². The van der Waals surface area contributed by atoms with E-state index >= 15 is 0 Å². The van der Waals surface area contributed by atoms with Crippen LogP contribution in [-0.4, -0.2) is 74.0 Å². The second kappa shape index (κ2) is 7.42. The number of hydrogen-bond donors (Lipinski definition) is 1. The number of nitrogens with zero attached hydrogens (tertiary/aromatic N) is 2. The molecule has 1 aliphatic heterocycles. The summed E-state index contributed by atoms with van der Waals surface area (Å²) in [5.41, 5.74) is 1.01. The Bertz CT molecular complexity index is 658. The minimum atomic E-state index is -2.97. The highest BCUT2D eigenvalue weighted by molar-refractivity contribution is 7.91. The van der Waals surface area contributed by atoms with Gasteiger partial charge in [-0.25, -0.2) is 13.2 Å². The molecule has 0 aliphatic carbocycles. The third-order valence-corrected chi connectivity index (χ3v) is 5.93. The van der Waals surface area contributed by atoms with E-state index < -0.39 is 15.8 Å². The van der Waals surface area contributed by atoms with E-state index in [2.05, 4.69) is 4.90 Å². The molecule has 1 aromatic carbocycles. The summed E-state index contributed by atoms with van der Waals surface area (Å²) in [4.78, 5) is 15.5. The molecule has 0 bridgehead atoms. The fourth-order valence-electron chi connectivity index (χ4n) is 2.87. The van der Waals surface area contributed by atoms with Crippen molar-refractivity contribution in [3.05, 3.63) is 35.4 Å². The fourth-order valence-corrected chi connectivity index (χ4v) is 4.63. The van der Waals surface area contributed by atoms with Crippen LogP contribution in [0.5, 0.6) is 0 Å². The average Bonchev–Trinajstić information content (AvgIpc) is 2.83. The van der Waals surface area contributed by atoms with Crippen LogP contribution in [0.4, 0.5) is 0 Å². The van der Waals surface area contributed by atoms with Gasteiger partial charge in [-0.3, -0.25) is 4.90 Å². The predicted molar refractivity (Wildman–Crippen MR) is 89.4 cm³/mol. The van der Waals surface area contributed by atoms with E-state index in [0.717, 1.165) is 12.1 Å². The van der Waals surface area contributed by atoms with E-state index in [0.29, 0.717) is 19.5 Å². The van der Waals surface area contributed by atoms with Crippen molar-refractivity contribution in [1.29, 1.82) is 0 Å². The Morgan fingerprint density at radius 1 is 1.26 bits per heavy atom. The van der Waals surface area contributed by atoms with E-state index in [-0.39, 0.29) is 23.1 Å². The molecule has 2 rings (SSSR count). The number of aromatic carboxylic acids is 1. The van der Waals surface area contributed by atoms with Gasteiger partial charge in [0.05, 0.1) is 17.1 Å². The minimum absolute atomic E-state index is 0.0400. The first-order chi connectivity index (χ1) is 10.8. The highest BCUT2D eigenvalue weighted by Crippen LogP contribution is 2.21. The van der Waals surface area contributed by atoms with E-state index in [1.54, 1.807) is 18.2 Å². The Morgan fingerprint density at radius 3 is 2.52 bits per heavy atom. The molecule has 1 aromatic rings. The van der Waals surface area contributed by atoms with Crippen LogP contribution in [0.15, 0.2) is 24.3 Å². The molecule has 1 fully saturated rings. The molecule has 1 heterocycles. The lowest BCUT2D eigenvalue weighted by molar-refractivity contribution is 0.0693. The van der Waals surface area contributed by atoms with Crippen LogP contribution in [-0.2, 0) is 16.4 Å². The largest absolute Gasteiger partial charge is 0.478 e. The van der Waals surface area contributed by atoms with Gasteiger partial charge in [-0.15, -0.1) is 0 Å². The zero-order valence-corrected chi connectivity index (χ0v) is 14.4. The fraction of sp³-hybridized carbons (Fsp3) is 0.562. The van der Waals surface area contributed by atoms with E-state index in [1.165, 1.54) is 0 Å². The van der Waals surface area contributed by atoms with Gasteiger partial charge in [-0.2, -0.15) is 0 Å². The Balaban J connectivity index is 2.19. The second-order valence-corrected chi connectivity index (χ2v) is 8.52. The van der Waals surface area contributed by atoms with Crippen LogP contribution in [0.1, 0.15) is 22.3 Å². The monoisotopic (exact) mass is 340 g/mol. The van der Waals surface area contributed by atoms with Gasteiger partial charge in [0.1, 0.15) is 0 Å². The van der Waals surface area contributed by atoms with Gasteiger partial charge in [0.2, 0.25) is 0 Å². The number of rotatable bonds is 7. The van der Waals surface area contributed by atoms with Crippen LogP contribution in [0.3, 0.4) is 0 Å². The van der Waals surface area contributed by atoms with Crippen molar-refractivity contribution in [3.63, 3.8) is 0 Å². The summed E-state index contributed by atoms with van der Waals surface area (Å²) in [6, 6.07) is 6.87. The molecule has 0 saturated carbocycles. The maximum absolute atomic E-state index is 11.8. The lowest BCUT2D eigenvalue weighted by atomic mass is 10.1. The van der Waals surface area contributed by atoms with Crippen molar-refractivity contribution in [2.45, 2.75) is 19.0 Å². The first-order valence-corrected chi connectivity index (χ1v) is 9.51. The van der Waals surface area contributed by atoms with E-state index in [9.17, 15) is 18.3 Å². The summed E-state index contributed by atoms with van der Waals surface area (Å²) in [5.74, 6) is -0.570. The number of hydrogen-bond acceptors (Lipinski definition) is 5. The van der Waals surface area contributed by atoms with Gasteiger partial charge in [0.15, 0.2) is 9.84 Å². The van der Waals surface area contributed by atoms with Gasteiger partial charge < -0.3 is 10.0 Å². The minimum Gasteiger partial charge on any atom is -0.478 e. The Labute approximate surface area is 137 Å². The zero-order chi connectivity index (χ0) is 17.0. The van der Waals surface area contributed by atoms with Crippen molar-refractivity contribution >= 4 is 15.8 Å². The molecule has 1 saturated heterocycles. The molecule has 1 N–H and O–H groups in total. The molecular weight excluding hydrogens is 316 g/mol. The molecule has 7 heteroatoms. The molecule has 1 atom stereocenters. The average molecular weight is 340 g/mol. The molecule has 128 valence electrons. The Hall–Kier alpha value is -1.44. The van der Waals surface area contributed by atoms with Crippen LogP contribution in [0.2, 0.25) is 0 Å². The molecule has 1 unspecified atom stereocenters. The summed E-state index contributed by atoms with van der Waals surface area (Å²) in [7, 11) is 0.965. The zero-order valence-electron chi connectivity index (χ0n) is 13.6. The number of benzene rings is 1. The lowest BCUT2D eigenvalue weighted by Crippen LogP contribution is -2.40. The van der Waals surface area contributed by atoms with Crippen LogP contribution >= 0.6 is 0 Å². The molecular formula is C16H24N2O4S. The summed E-state index contributed by atoms with van der Waals surface area (Å²) >= 11 is 0. The molecule has 0 spiro atoms.